The van der Waals surface area contributed by atoms with E-state index in [2.05, 4.69) is 18.2 Å². The van der Waals surface area contributed by atoms with Crippen LogP contribution in [0.5, 0.6) is 5.88 Å². The molecule has 1 aromatic heterocycles. The van der Waals surface area contributed by atoms with Crippen LogP contribution < -0.4 is 4.74 Å². The highest BCUT2D eigenvalue weighted by Gasteiger charge is 2.05. The average Bonchev–Trinajstić information content (AvgIpc) is 2.61. The van der Waals surface area contributed by atoms with Gasteiger partial charge in [-0.25, -0.2) is 0 Å². The van der Waals surface area contributed by atoms with Gasteiger partial charge in [0.05, 0.1) is 12.8 Å². The molecule has 2 rings (SSSR count). The van der Waals surface area contributed by atoms with Crippen molar-refractivity contribution in [3.8, 4) is 17.1 Å². The fourth-order valence-corrected chi connectivity index (χ4v) is 1.60. The second-order valence-electron chi connectivity index (χ2n) is 3.19. The molecule has 2 aromatic rings. The van der Waals surface area contributed by atoms with E-state index in [1.54, 1.807) is 7.11 Å². The van der Waals surface area contributed by atoms with Crippen LogP contribution >= 0.6 is 0 Å². The zero-order chi connectivity index (χ0) is 9.97. The predicted molar refractivity (Wildman–Crippen MR) is 57.4 cm³/mol. The molecule has 1 heterocycles. The van der Waals surface area contributed by atoms with Crippen LogP contribution in [-0.4, -0.2) is 11.7 Å². The molecule has 2 heteroatoms. The van der Waals surface area contributed by atoms with Gasteiger partial charge in [-0.2, -0.15) is 0 Å². The Balaban J connectivity index is 2.48. The van der Waals surface area contributed by atoms with Crippen molar-refractivity contribution in [3.63, 3.8) is 0 Å². The minimum absolute atomic E-state index is 0.879. The van der Waals surface area contributed by atoms with E-state index >= 15 is 0 Å². The molecular weight excluding hydrogens is 174 g/mol. The van der Waals surface area contributed by atoms with E-state index in [1.807, 2.05) is 35.9 Å². The van der Waals surface area contributed by atoms with Gasteiger partial charge in [0.1, 0.15) is 0 Å². The summed E-state index contributed by atoms with van der Waals surface area (Å²) in [4.78, 5) is 0. The van der Waals surface area contributed by atoms with Crippen LogP contribution in [0.25, 0.3) is 11.3 Å². The van der Waals surface area contributed by atoms with Gasteiger partial charge in [0.2, 0.25) is 0 Å². The van der Waals surface area contributed by atoms with E-state index in [1.165, 1.54) is 11.3 Å². The Morgan fingerprint density at radius 3 is 2.29 bits per heavy atom. The number of benzene rings is 1. The van der Waals surface area contributed by atoms with Gasteiger partial charge in [0.15, 0.2) is 5.88 Å². The lowest BCUT2D eigenvalue weighted by Crippen LogP contribution is -1.95. The number of ether oxygens (including phenoxy) is 1. The van der Waals surface area contributed by atoms with Gasteiger partial charge < -0.3 is 9.30 Å². The summed E-state index contributed by atoms with van der Waals surface area (Å²) in [6.45, 7) is 0. The molecule has 0 saturated heterocycles. The molecule has 14 heavy (non-hydrogen) atoms. The van der Waals surface area contributed by atoms with Crippen LogP contribution in [0.15, 0.2) is 42.5 Å². The van der Waals surface area contributed by atoms with Crippen molar-refractivity contribution in [2.45, 2.75) is 0 Å². The lowest BCUT2D eigenvalue weighted by molar-refractivity contribution is 0.383. The van der Waals surface area contributed by atoms with E-state index in [-0.39, 0.29) is 0 Å². The standard InChI is InChI=1S/C12H13NO/c1-13-11(8-9-12(13)14-2)10-6-4-3-5-7-10/h3-9H,1-2H3. The summed E-state index contributed by atoms with van der Waals surface area (Å²) in [6, 6.07) is 14.3. The lowest BCUT2D eigenvalue weighted by Gasteiger charge is -2.05. The quantitative estimate of drug-likeness (QED) is 0.705. The highest BCUT2D eigenvalue weighted by atomic mass is 16.5. The highest BCUT2D eigenvalue weighted by Crippen LogP contribution is 2.24. The predicted octanol–water partition coefficient (Wildman–Crippen LogP) is 2.70. The van der Waals surface area contributed by atoms with Crippen molar-refractivity contribution in [3.05, 3.63) is 42.5 Å². The van der Waals surface area contributed by atoms with E-state index < -0.39 is 0 Å². The molecule has 0 atom stereocenters. The van der Waals surface area contributed by atoms with Gasteiger partial charge in [0.25, 0.3) is 0 Å². The maximum absolute atomic E-state index is 5.21. The highest BCUT2D eigenvalue weighted by molar-refractivity contribution is 5.61. The normalized spacial score (nSPS) is 10.1. The first-order valence-electron chi connectivity index (χ1n) is 4.58. The first-order valence-corrected chi connectivity index (χ1v) is 4.58. The zero-order valence-corrected chi connectivity index (χ0v) is 8.40. The Bertz CT molecular complexity index is 417. The Morgan fingerprint density at radius 1 is 1.00 bits per heavy atom. The topological polar surface area (TPSA) is 14.2 Å². The monoisotopic (exact) mass is 187 g/mol. The maximum atomic E-state index is 5.21. The maximum Gasteiger partial charge on any atom is 0.193 e. The third-order valence-corrected chi connectivity index (χ3v) is 2.35. The van der Waals surface area contributed by atoms with Crippen LogP contribution in [0.4, 0.5) is 0 Å². The van der Waals surface area contributed by atoms with Crippen molar-refractivity contribution < 1.29 is 4.74 Å². The molecule has 72 valence electrons. The first kappa shape index (κ1) is 8.88. The van der Waals surface area contributed by atoms with E-state index in [0.29, 0.717) is 0 Å². The second-order valence-corrected chi connectivity index (χ2v) is 3.19. The molecular formula is C12H13NO. The Labute approximate surface area is 83.8 Å². The molecule has 0 aliphatic rings. The molecule has 0 saturated carbocycles. The molecule has 0 unspecified atom stereocenters. The summed E-state index contributed by atoms with van der Waals surface area (Å²) >= 11 is 0. The van der Waals surface area contributed by atoms with Crippen LogP contribution in [0.1, 0.15) is 0 Å². The van der Waals surface area contributed by atoms with Crippen molar-refractivity contribution in [2.24, 2.45) is 7.05 Å². The van der Waals surface area contributed by atoms with Crippen LogP contribution in [0.3, 0.4) is 0 Å². The molecule has 0 spiro atoms. The summed E-state index contributed by atoms with van der Waals surface area (Å²) in [5.74, 6) is 0.879. The molecule has 0 aliphatic heterocycles. The summed E-state index contributed by atoms with van der Waals surface area (Å²) in [5.41, 5.74) is 2.38. The van der Waals surface area contributed by atoms with Gasteiger partial charge in [-0.05, 0) is 11.6 Å². The number of aromatic nitrogens is 1. The SMILES string of the molecule is COc1ccc(-c2ccccc2)n1C. The fourth-order valence-electron chi connectivity index (χ4n) is 1.60. The minimum Gasteiger partial charge on any atom is -0.482 e. The van der Waals surface area contributed by atoms with E-state index in [9.17, 15) is 0 Å². The van der Waals surface area contributed by atoms with Gasteiger partial charge in [0, 0.05) is 13.1 Å². The summed E-state index contributed by atoms with van der Waals surface area (Å²) < 4.78 is 7.25. The third-order valence-electron chi connectivity index (χ3n) is 2.35. The molecule has 0 amide bonds. The summed E-state index contributed by atoms with van der Waals surface area (Å²) in [7, 11) is 3.69. The molecule has 1 aromatic carbocycles. The van der Waals surface area contributed by atoms with Crippen molar-refractivity contribution >= 4 is 0 Å². The van der Waals surface area contributed by atoms with Crippen LogP contribution in [0, 0.1) is 0 Å². The van der Waals surface area contributed by atoms with Crippen LogP contribution in [0.2, 0.25) is 0 Å². The number of hydrogen-bond acceptors (Lipinski definition) is 1. The second kappa shape index (κ2) is 3.58. The fraction of sp³-hybridized carbons (Fsp3) is 0.167. The molecule has 0 aliphatic carbocycles. The van der Waals surface area contributed by atoms with Gasteiger partial charge in [-0.1, -0.05) is 30.3 Å². The van der Waals surface area contributed by atoms with Crippen LogP contribution in [-0.2, 0) is 7.05 Å². The largest absolute Gasteiger partial charge is 0.482 e. The van der Waals surface area contributed by atoms with Crippen molar-refractivity contribution in [2.75, 3.05) is 7.11 Å². The van der Waals surface area contributed by atoms with Gasteiger partial charge >= 0.3 is 0 Å². The number of rotatable bonds is 2. The number of nitrogens with zero attached hydrogens (tertiary/aromatic N) is 1. The Kier molecular flexibility index (Phi) is 2.27. The zero-order valence-electron chi connectivity index (χ0n) is 8.40. The number of hydrogen-bond donors (Lipinski definition) is 0. The number of methoxy groups -OCH3 is 1. The smallest absolute Gasteiger partial charge is 0.193 e. The molecule has 0 radical (unpaired) electrons. The molecule has 2 nitrogen and oxygen atoms in total. The van der Waals surface area contributed by atoms with E-state index in [0.717, 1.165) is 5.88 Å². The first-order chi connectivity index (χ1) is 6.83. The van der Waals surface area contributed by atoms with E-state index in [4.69, 9.17) is 4.74 Å². The lowest BCUT2D eigenvalue weighted by atomic mass is 10.2. The molecule has 0 bridgehead atoms. The van der Waals surface area contributed by atoms with Gasteiger partial charge in [-0.15, -0.1) is 0 Å². The van der Waals surface area contributed by atoms with Crippen molar-refractivity contribution in [1.82, 2.24) is 4.57 Å². The van der Waals surface area contributed by atoms with Crippen molar-refractivity contribution in [1.29, 1.82) is 0 Å². The minimum atomic E-state index is 0.879. The molecule has 0 N–H and O–H groups in total. The summed E-state index contributed by atoms with van der Waals surface area (Å²) in [6.07, 6.45) is 0. The Hall–Kier alpha value is -1.70. The van der Waals surface area contributed by atoms with Gasteiger partial charge in [-0.3, -0.25) is 0 Å². The average molecular weight is 187 g/mol. The Morgan fingerprint density at radius 2 is 1.71 bits per heavy atom. The summed E-state index contributed by atoms with van der Waals surface area (Å²) in [5, 5.41) is 0. The third kappa shape index (κ3) is 1.39. The molecule has 0 fully saturated rings.